The summed E-state index contributed by atoms with van der Waals surface area (Å²) in [5.74, 6) is 2.03. The summed E-state index contributed by atoms with van der Waals surface area (Å²) in [6.45, 7) is 2.12. The Kier molecular flexibility index (Phi) is 3.35. The van der Waals surface area contributed by atoms with Gasteiger partial charge in [0.05, 0.1) is 6.04 Å². The van der Waals surface area contributed by atoms with Crippen molar-refractivity contribution in [1.82, 2.24) is 0 Å². The molecule has 0 fully saturated rings. The number of aromatic hydroxyl groups is 1. The van der Waals surface area contributed by atoms with Crippen molar-refractivity contribution in [1.29, 1.82) is 0 Å². The van der Waals surface area contributed by atoms with Gasteiger partial charge in [-0.2, -0.15) is 0 Å². The molecule has 0 bridgehead atoms. The topological polar surface area (TPSA) is 68.6 Å². The van der Waals surface area contributed by atoms with Gasteiger partial charge in [-0.1, -0.05) is 12.1 Å². The Morgan fingerprint density at radius 3 is 2.71 bits per heavy atom. The van der Waals surface area contributed by atoms with Crippen molar-refractivity contribution in [2.45, 2.75) is 13.0 Å². The number of rotatable bonds is 4. The zero-order valence-electron chi connectivity index (χ0n) is 9.59. The first-order chi connectivity index (χ1) is 8.16. The molecule has 0 aliphatic rings. The maximum atomic E-state index is 9.51. The highest BCUT2D eigenvalue weighted by Crippen LogP contribution is 2.25. The van der Waals surface area contributed by atoms with Gasteiger partial charge in [-0.3, -0.25) is 0 Å². The molecule has 0 radical (unpaired) electrons. The summed E-state index contributed by atoms with van der Waals surface area (Å²) in [5, 5.41) is 9.51. The van der Waals surface area contributed by atoms with Crippen LogP contribution in [0, 0.1) is 6.92 Å². The van der Waals surface area contributed by atoms with E-state index in [1.807, 2.05) is 19.1 Å². The largest absolute Gasteiger partial charge is 0.504 e. The first kappa shape index (κ1) is 11.5. The van der Waals surface area contributed by atoms with E-state index in [-0.39, 0.29) is 18.4 Å². The Morgan fingerprint density at radius 2 is 2.06 bits per heavy atom. The lowest BCUT2D eigenvalue weighted by atomic mass is 10.2. The van der Waals surface area contributed by atoms with Crippen LogP contribution in [0.3, 0.4) is 0 Å². The first-order valence-electron chi connectivity index (χ1n) is 5.39. The van der Waals surface area contributed by atoms with Crippen molar-refractivity contribution in [3.63, 3.8) is 0 Å². The second kappa shape index (κ2) is 4.93. The van der Waals surface area contributed by atoms with Gasteiger partial charge in [-0.25, -0.2) is 0 Å². The second-order valence-electron chi connectivity index (χ2n) is 3.83. The second-order valence-corrected chi connectivity index (χ2v) is 3.83. The third kappa shape index (κ3) is 2.79. The molecule has 1 aromatic carbocycles. The molecule has 90 valence electrons. The quantitative estimate of drug-likeness (QED) is 0.850. The van der Waals surface area contributed by atoms with Crippen LogP contribution < -0.4 is 10.5 Å². The fourth-order valence-corrected chi connectivity index (χ4v) is 1.49. The van der Waals surface area contributed by atoms with E-state index >= 15 is 0 Å². The van der Waals surface area contributed by atoms with Crippen LogP contribution >= 0.6 is 0 Å². The van der Waals surface area contributed by atoms with E-state index in [1.54, 1.807) is 24.3 Å². The Hall–Kier alpha value is -1.94. The first-order valence-corrected chi connectivity index (χ1v) is 5.39. The van der Waals surface area contributed by atoms with Crippen LogP contribution in [0.5, 0.6) is 11.5 Å². The molecule has 0 saturated heterocycles. The molecule has 17 heavy (non-hydrogen) atoms. The van der Waals surface area contributed by atoms with Crippen LogP contribution in [-0.4, -0.2) is 11.7 Å². The summed E-state index contributed by atoms with van der Waals surface area (Å²) in [5.41, 5.74) is 5.91. The minimum absolute atomic E-state index is 0.107. The molecule has 0 aliphatic heterocycles. The van der Waals surface area contributed by atoms with Gasteiger partial charge >= 0.3 is 0 Å². The Labute approximate surface area is 99.6 Å². The molecule has 4 nitrogen and oxygen atoms in total. The molecule has 1 unspecified atom stereocenters. The Bertz CT molecular complexity index is 493. The number of nitrogens with two attached hydrogens (primary N) is 1. The van der Waals surface area contributed by atoms with Gasteiger partial charge in [0.1, 0.15) is 18.1 Å². The number of benzene rings is 1. The highest BCUT2D eigenvalue weighted by Gasteiger charge is 2.11. The summed E-state index contributed by atoms with van der Waals surface area (Å²) < 4.78 is 10.8. The van der Waals surface area contributed by atoms with Gasteiger partial charge in [-0.05, 0) is 31.2 Å². The van der Waals surface area contributed by atoms with Crippen LogP contribution in [0.1, 0.15) is 17.6 Å². The molecule has 0 amide bonds. The van der Waals surface area contributed by atoms with E-state index in [1.165, 1.54) is 0 Å². The molecule has 0 spiro atoms. The average Bonchev–Trinajstić information content (AvgIpc) is 2.74. The van der Waals surface area contributed by atoms with Crippen molar-refractivity contribution >= 4 is 0 Å². The number of hydrogen-bond acceptors (Lipinski definition) is 4. The number of aryl methyl sites for hydroxylation is 1. The van der Waals surface area contributed by atoms with Crippen LogP contribution in [0.2, 0.25) is 0 Å². The fourth-order valence-electron chi connectivity index (χ4n) is 1.49. The standard InChI is InChI=1S/C13H15NO3/c1-9-6-7-12(17-9)10(14)8-16-13-5-3-2-4-11(13)15/h2-7,10,15H,8,14H2,1H3. The molecule has 2 rings (SSSR count). The van der Waals surface area contributed by atoms with E-state index in [0.29, 0.717) is 11.5 Å². The van der Waals surface area contributed by atoms with Gasteiger partial charge in [0.25, 0.3) is 0 Å². The van der Waals surface area contributed by atoms with Gasteiger partial charge in [0, 0.05) is 0 Å². The van der Waals surface area contributed by atoms with Gasteiger partial charge in [0.15, 0.2) is 11.5 Å². The molecule has 1 atom stereocenters. The highest BCUT2D eigenvalue weighted by atomic mass is 16.5. The van der Waals surface area contributed by atoms with Crippen molar-refractivity contribution in [3.05, 3.63) is 47.9 Å². The Morgan fingerprint density at radius 1 is 1.29 bits per heavy atom. The number of phenolic OH excluding ortho intramolecular Hbond substituents is 1. The van der Waals surface area contributed by atoms with Crippen molar-refractivity contribution in [3.8, 4) is 11.5 Å². The number of ether oxygens (including phenoxy) is 1. The van der Waals surface area contributed by atoms with Crippen molar-refractivity contribution < 1.29 is 14.3 Å². The molecule has 1 aromatic heterocycles. The molecule has 1 heterocycles. The molecule has 4 heteroatoms. The number of furan rings is 1. The fraction of sp³-hybridized carbons (Fsp3) is 0.231. The predicted molar refractivity (Wildman–Crippen MR) is 64.0 cm³/mol. The lowest BCUT2D eigenvalue weighted by molar-refractivity contribution is 0.260. The summed E-state index contributed by atoms with van der Waals surface area (Å²) >= 11 is 0. The van der Waals surface area contributed by atoms with Gasteiger partial charge < -0.3 is 20.0 Å². The third-order valence-electron chi connectivity index (χ3n) is 2.41. The van der Waals surface area contributed by atoms with E-state index in [0.717, 1.165) is 5.76 Å². The minimum atomic E-state index is -0.344. The number of hydrogen-bond donors (Lipinski definition) is 2. The summed E-state index contributed by atoms with van der Waals surface area (Å²) in [6, 6.07) is 10.1. The number of para-hydroxylation sites is 2. The monoisotopic (exact) mass is 233 g/mol. The smallest absolute Gasteiger partial charge is 0.161 e. The molecule has 3 N–H and O–H groups in total. The molecule has 0 aliphatic carbocycles. The van der Waals surface area contributed by atoms with Crippen LogP contribution in [0.15, 0.2) is 40.8 Å². The van der Waals surface area contributed by atoms with E-state index in [4.69, 9.17) is 14.9 Å². The third-order valence-corrected chi connectivity index (χ3v) is 2.41. The van der Waals surface area contributed by atoms with Crippen molar-refractivity contribution in [2.75, 3.05) is 6.61 Å². The van der Waals surface area contributed by atoms with Gasteiger partial charge in [0.2, 0.25) is 0 Å². The SMILES string of the molecule is Cc1ccc(C(N)COc2ccccc2O)o1. The van der Waals surface area contributed by atoms with Crippen LogP contribution in [-0.2, 0) is 0 Å². The Balaban J connectivity index is 1.97. The lowest BCUT2D eigenvalue weighted by Crippen LogP contribution is -2.18. The molecule has 2 aromatic rings. The normalized spacial score (nSPS) is 12.4. The minimum Gasteiger partial charge on any atom is -0.504 e. The van der Waals surface area contributed by atoms with E-state index in [2.05, 4.69) is 0 Å². The maximum Gasteiger partial charge on any atom is 0.161 e. The van der Waals surface area contributed by atoms with Crippen molar-refractivity contribution in [2.24, 2.45) is 5.73 Å². The lowest BCUT2D eigenvalue weighted by Gasteiger charge is -2.11. The molecule has 0 saturated carbocycles. The van der Waals surface area contributed by atoms with Crippen LogP contribution in [0.4, 0.5) is 0 Å². The maximum absolute atomic E-state index is 9.51. The average molecular weight is 233 g/mol. The summed E-state index contributed by atoms with van der Waals surface area (Å²) in [6.07, 6.45) is 0. The molecular weight excluding hydrogens is 218 g/mol. The summed E-state index contributed by atoms with van der Waals surface area (Å²) in [7, 11) is 0. The van der Waals surface area contributed by atoms with E-state index < -0.39 is 0 Å². The van der Waals surface area contributed by atoms with Crippen LogP contribution in [0.25, 0.3) is 0 Å². The highest BCUT2D eigenvalue weighted by molar-refractivity contribution is 5.37. The summed E-state index contributed by atoms with van der Waals surface area (Å²) in [4.78, 5) is 0. The van der Waals surface area contributed by atoms with E-state index in [9.17, 15) is 5.11 Å². The predicted octanol–water partition coefficient (Wildman–Crippen LogP) is 2.37. The zero-order valence-corrected chi connectivity index (χ0v) is 9.59. The van der Waals surface area contributed by atoms with Gasteiger partial charge in [-0.15, -0.1) is 0 Å². The number of phenols is 1. The molecular formula is C13H15NO3. The zero-order chi connectivity index (χ0) is 12.3.